The largest absolute Gasteiger partial charge is 0.508 e. The Balaban J connectivity index is 0.00000288. The fourth-order valence-corrected chi connectivity index (χ4v) is 5.59. The van der Waals surface area contributed by atoms with Gasteiger partial charge in [-0.15, -0.1) is 5.11 Å². The summed E-state index contributed by atoms with van der Waals surface area (Å²) in [6.45, 7) is 3.67. The van der Waals surface area contributed by atoms with Crippen molar-refractivity contribution in [3.8, 4) is 22.6 Å². The monoisotopic (exact) mass is 678 g/mol. The van der Waals surface area contributed by atoms with Crippen molar-refractivity contribution in [1.82, 2.24) is 0 Å². The molecule has 0 saturated carbocycles. The van der Waals surface area contributed by atoms with Gasteiger partial charge >= 0.3 is 0 Å². The molecule has 226 valence electrons. The van der Waals surface area contributed by atoms with Gasteiger partial charge in [0.1, 0.15) is 16.3 Å². The van der Waals surface area contributed by atoms with Crippen molar-refractivity contribution < 1.29 is 36.2 Å². The minimum absolute atomic E-state index is 0. The molecule has 5 aromatic carbocycles. The number of rotatable bonds is 7. The van der Waals surface area contributed by atoms with E-state index in [4.69, 9.17) is 0 Å². The minimum Gasteiger partial charge on any atom is -0.508 e. The van der Waals surface area contributed by atoms with Gasteiger partial charge < -0.3 is 10.2 Å². The van der Waals surface area contributed by atoms with Crippen molar-refractivity contribution in [2.75, 3.05) is 0 Å². The van der Waals surface area contributed by atoms with Crippen molar-refractivity contribution >= 4 is 113 Å². The topological polar surface area (TPSA) is 199 Å². The Hall–Kier alpha value is -3.02. The molecule has 5 aromatic rings. The number of aryl methyl sites for hydroxylation is 2. The third-order valence-corrected chi connectivity index (χ3v) is 8.42. The smallest absolute Gasteiger partial charge is 0.296 e. The average molecular weight is 679 g/mol. The van der Waals surface area contributed by atoms with Gasteiger partial charge in [0.05, 0.1) is 22.0 Å². The normalized spacial score (nSPS) is 11.9. The number of aromatic hydroxyl groups is 2. The molecule has 0 aliphatic carbocycles. The second-order valence-electron chi connectivity index (χ2n) is 9.82. The maximum absolute atomic E-state index is 12.1. The zero-order chi connectivity index (χ0) is 31.8. The molecule has 0 aromatic heterocycles. The first-order valence-electron chi connectivity index (χ1n) is 12.8. The Bertz CT molecular complexity index is 2230. The summed E-state index contributed by atoms with van der Waals surface area (Å²) in [7, 11) is -9.54. The van der Waals surface area contributed by atoms with Gasteiger partial charge in [-0.1, -0.05) is 12.1 Å². The number of phenolic OH excluding ortho intramolecular Hbond substituents is 2. The minimum atomic E-state index is -4.93. The molecular formula is C30H24N4Na2O8S2. The van der Waals surface area contributed by atoms with E-state index in [0.29, 0.717) is 22.6 Å². The van der Waals surface area contributed by atoms with Crippen molar-refractivity contribution in [3.05, 3.63) is 96.1 Å². The van der Waals surface area contributed by atoms with Crippen LogP contribution >= 0.6 is 0 Å². The van der Waals surface area contributed by atoms with Crippen LogP contribution in [0.1, 0.15) is 11.1 Å². The Kier molecular flexibility index (Phi) is 12.1. The fourth-order valence-electron chi connectivity index (χ4n) is 4.41. The SMILES string of the molecule is Cc1cc(-c2ccc(N=Nc3c(S(=O)(=O)O)cc4cc(S(=O)(=O)O)ccc4c3O)c(C)c2)ccc1N=Nc1ccc(O)cc1.[Na].[Na]. The van der Waals surface area contributed by atoms with E-state index in [2.05, 4.69) is 20.5 Å². The second kappa shape index (κ2) is 14.8. The van der Waals surface area contributed by atoms with Crippen LogP contribution in [0.3, 0.4) is 0 Å². The van der Waals surface area contributed by atoms with Crippen LogP contribution < -0.4 is 0 Å². The molecule has 0 aliphatic rings. The Morgan fingerprint density at radius 3 is 1.63 bits per heavy atom. The average Bonchev–Trinajstić information content (AvgIpc) is 2.96. The third-order valence-electron chi connectivity index (χ3n) is 6.71. The molecule has 46 heavy (non-hydrogen) atoms. The zero-order valence-electron chi connectivity index (χ0n) is 25.1. The van der Waals surface area contributed by atoms with Gasteiger partial charge in [0, 0.05) is 64.5 Å². The second-order valence-corrected chi connectivity index (χ2v) is 12.6. The van der Waals surface area contributed by atoms with E-state index in [1.165, 1.54) is 18.2 Å². The summed E-state index contributed by atoms with van der Waals surface area (Å²) < 4.78 is 66.4. The molecule has 16 heteroatoms. The Morgan fingerprint density at radius 1 is 0.587 bits per heavy atom. The van der Waals surface area contributed by atoms with Crippen molar-refractivity contribution in [3.63, 3.8) is 0 Å². The number of fused-ring (bicyclic) bond motifs is 1. The molecule has 0 aliphatic heterocycles. The summed E-state index contributed by atoms with van der Waals surface area (Å²) in [5.41, 5.74) is 4.37. The van der Waals surface area contributed by atoms with Crippen LogP contribution in [-0.2, 0) is 20.2 Å². The maximum atomic E-state index is 12.1. The van der Waals surface area contributed by atoms with Gasteiger partial charge in [-0.25, -0.2) is 0 Å². The van der Waals surface area contributed by atoms with E-state index in [1.54, 1.807) is 31.2 Å². The summed E-state index contributed by atoms with van der Waals surface area (Å²) in [5.74, 6) is -0.519. The van der Waals surface area contributed by atoms with Crippen LogP contribution in [-0.4, -0.2) is 95.3 Å². The van der Waals surface area contributed by atoms with Crippen molar-refractivity contribution in [2.45, 2.75) is 23.6 Å². The van der Waals surface area contributed by atoms with E-state index in [9.17, 15) is 36.2 Å². The van der Waals surface area contributed by atoms with Crippen molar-refractivity contribution in [2.24, 2.45) is 20.5 Å². The predicted octanol–water partition coefficient (Wildman–Crippen LogP) is 7.10. The number of benzene rings is 5. The first-order chi connectivity index (χ1) is 20.7. The first-order valence-corrected chi connectivity index (χ1v) is 15.7. The molecule has 0 amide bonds. The van der Waals surface area contributed by atoms with Gasteiger partial charge in [-0.05, 0) is 114 Å². The quantitative estimate of drug-likeness (QED) is 0.0793. The van der Waals surface area contributed by atoms with E-state index in [1.807, 2.05) is 31.2 Å². The molecule has 0 atom stereocenters. The van der Waals surface area contributed by atoms with Crippen LogP contribution in [0.4, 0.5) is 22.7 Å². The standard InChI is InChI=1S/C30H24N4O8S2.2Na/c1-17-13-19(3-11-26(17)32-31-22-5-7-23(35)8-6-22)20-4-12-27(18(2)14-20)33-34-29-28(44(40,41)42)16-21-15-24(43(37,38)39)9-10-25(21)30(29)36;;/h3-16,35-36H,1-2H3,(H,37,38,39)(H,40,41,42);;. The molecule has 12 nitrogen and oxygen atoms in total. The van der Waals surface area contributed by atoms with E-state index >= 15 is 0 Å². The molecule has 5 rings (SSSR count). The molecule has 0 fully saturated rings. The van der Waals surface area contributed by atoms with Gasteiger partial charge in [-0.2, -0.15) is 32.2 Å². The molecule has 0 saturated heterocycles. The Labute approximate surface area is 309 Å². The zero-order valence-corrected chi connectivity index (χ0v) is 30.7. The summed E-state index contributed by atoms with van der Waals surface area (Å²) in [6, 6.07) is 21.4. The number of phenols is 2. The molecule has 0 heterocycles. The summed E-state index contributed by atoms with van der Waals surface area (Å²) in [5, 5.41) is 36.7. The van der Waals surface area contributed by atoms with Crippen LogP contribution in [0.5, 0.6) is 11.5 Å². The number of nitrogens with zero attached hydrogens (tertiary/aromatic N) is 4. The number of hydrogen-bond acceptors (Lipinski definition) is 10. The van der Waals surface area contributed by atoms with E-state index in [-0.39, 0.29) is 75.6 Å². The van der Waals surface area contributed by atoms with Gasteiger partial charge in [0.15, 0.2) is 5.75 Å². The Morgan fingerprint density at radius 2 is 1.13 bits per heavy atom. The molecule has 0 spiro atoms. The fraction of sp³-hybridized carbons (Fsp3) is 0.0667. The van der Waals surface area contributed by atoms with Gasteiger partial charge in [-0.3, -0.25) is 9.11 Å². The first kappa shape index (κ1) is 37.4. The van der Waals surface area contributed by atoms with E-state index in [0.717, 1.165) is 34.9 Å². The summed E-state index contributed by atoms with van der Waals surface area (Å²) in [6.07, 6.45) is 0. The van der Waals surface area contributed by atoms with Crippen LogP contribution in [0.25, 0.3) is 21.9 Å². The molecule has 0 unspecified atom stereocenters. The molecule has 2 radical (unpaired) electrons. The number of azo groups is 2. The summed E-state index contributed by atoms with van der Waals surface area (Å²) >= 11 is 0. The van der Waals surface area contributed by atoms with Crippen molar-refractivity contribution in [1.29, 1.82) is 0 Å². The molecule has 4 N–H and O–H groups in total. The van der Waals surface area contributed by atoms with Crippen LogP contribution in [0.2, 0.25) is 0 Å². The van der Waals surface area contributed by atoms with Gasteiger partial charge in [0.2, 0.25) is 0 Å². The number of hydrogen-bond donors (Lipinski definition) is 4. The van der Waals surface area contributed by atoms with Crippen LogP contribution in [0, 0.1) is 13.8 Å². The summed E-state index contributed by atoms with van der Waals surface area (Å²) in [4.78, 5) is -1.33. The van der Waals surface area contributed by atoms with Gasteiger partial charge in [0.25, 0.3) is 20.2 Å². The molecular weight excluding hydrogens is 654 g/mol. The van der Waals surface area contributed by atoms with Crippen LogP contribution in [0.15, 0.2) is 115 Å². The third kappa shape index (κ3) is 8.46. The maximum Gasteiger partial charge on any atom is 0.296 e. The predicted molar refractivity (Wildman–Crippen MR) is 175 cm³/mol. The molecule has 0 bridgehead atoms. The van der Waals surface area contributed by atoms with E-state index < -0.39 is 41.5 Å².